The average Bonchev–Trinajstić information content (AvgIpc) is 2.98. The number of carbonyl (C=O) groups excluding carboxylic acids is 1. The van der Waals surface area contributed by atoms with Crippen LogP contribution in [0.25, 0.3) is 0 Å². The normalized spacial score (nSPS) is 13.2. The Bertz CT molecular complexity index is 1550. The Balaban J connectivity index is 1.76. The van der Waals surface area contributed by atoms with Crippen molar-refractivity contribution < 1.29 is 23.1 Å². The van der Waals surface area contributed by atoms with E-state index in [-0.39, 0.29) is 29.9 Å². The SMILES string of the molecule is CC(C)S(=O)(=O)N(C)c1cc(C(=O)NC(COc2cccc(C#N)c2)C(O)CNCc2cccc(C(C)(C)C)c2)ccn1. The molecule has 0 bridgehead atoms. The molecular weight excluding hydrogens is 566 g/mol. The highest BCUT2D eigenvalue weighted by Crippen LogP contribution is 2.23. The molecule has 0 saturated carbocycles. The van der Waals surface area contributed by atoms with Crippen molar-refractivity contribution in [1.82, 2.24) is 15.6 Å². The largest absolute Gasteiger partial charge is 0.491 e. The number of sulfonamides is 1. The lowest BCUT2D eigenvalue weighted by Gasteiger charge is -2.25. The van der Waals surface area contributed by atoms with Gasteiger partial charge in [0.15, 0.2) is 0 Å². The van der Waals surface area contributed by atoms with E-state index in [9.17, 15) is 23.6 Å². The maximum Gasteiger partial charge on any atom is 0.251 e. The number of hydrogen-bond acceptors (Lipinski definition) is 8. The van der Waals surface area contributed by atoms with Crippen LogP contribution < -0.4 is 19.7 Å². The summed E-state index contributed by atoms with van der Waals surface area (Å²) in [6.45, 7) is 10.2. The van der Waals surface area contributed by atoms with Crippen molar-refractivity contribution in [1.29, 1.82) is 5.26 Å². The molecule has 0 radical (unpaired) electrons. The van der Waals surface area contributed by atoms with Gasteiger partial charge in [0.2, 0.25) is 10.0 Å². The molecule has 3 N–H and O–H groups in total. The summed E-state index contributed by atoms with van der Waals surface area (Å²) in [7, 11) is -2.26. The number of aliphatic hydroxyl groups excluding tert-OH is 1. The van der Waals surface area contributed by atoms with Crippen LogP contribution in [0.5, 0.6) is 5.75 Å². The van der Waals surface area contributed by atoms with Gasteiger partial charge in [0.1, 0.15) is 18.2 Å². The summed E-state index contributed by atoms with van der Waals surface area (Å²) in [6.07, 6.45) is 0.318. The van der Waals surface area contributed by atoms with E-state index in [2.05, 4.69) is 54.6 Å². The zero-order valence-electron chi connectivity index (χ0n) is 25.5. The zero-order valence-corrected chi connectivity index (χ0v) is 26.4. The van der Waals surface area contributed by atoms with Gasteiger partial charge in [-0.25, -0.2) is 13.4 Å². The molecular formula is C32H41N5O5S. The molecule has 0 aliphatic carbocycles. The molecule has 2 atom stereocenters. The molecule has 1 heterocycles. The Hall–Kier alpha value is -3.98. The zero-order chi connectivity index (χ0) is 31.8. The standard InChI is InChI=1S/C32H41N5O5S/c1-22(2)43(40,41)37(6)30-17-25(13-14-35-30)31(39)36-28(21-42-27-12-8-9-23(16-27)18-33)29(38)20-34-19-24-10-7-11-26(15-24)32(3,4)5/h7-17,22,28-29,34,38H,19-21H2,1-6H3,(H,36,39). The molecule has 1 aromatic heterocycles. The number of rotatable bonds is 13. The third-order valence-corrected chi connectivity index (χ3v) is 9.10. The number of nitrogens with one attached hydrogen (secondary N) is 2. The Morgan fingerprint density at radius 3 is 2.51 bits per heavy atom. The summed E-state index contributed by atoms with van der Waals surface area (Å²) >= 11 is 0. The summed E-state index contributed by atoms with van der Waals surface area (Å²) in [5, 5.41) is 25.8. The molecule has 10 nitrogen and oxygen atoms in total. The van der Waals surface area contributed by atoms with Crippen LogP contribution in [-0.2, 0) is 22.0 Å². The predicted octanol–water partition coefficient (Wildman–Crippen LogP) is 3.75. The van der Waals surface area contributed by atoms with Crippen LogP contribution in [0.4, 0.5) is 5.82 Å². The number of ether oxygens (including phenoxy) is 1. The molecule has 2 aromatic carbocycles. The second-order valence-electron chi connectivity index (χ2n) is 11.6. The molecule has 3 rings (SSSR count). The third kappa shape index (κ3) is 9.25. The van der Waals surface area contributed by atoms with Crippen LogP contribution in [0.2, 0.25) is 0 Å². The van der Waals surface area contributed by atoms with Gasteiger partial charge in [-0.05, 0) is 60.7 Å². The molecule has 0 fully saturated rings. The Morgan fingerprint density at radius 1 is 1.12 bits per heavy atom. The Morgan fingerprint density at radius 2 is 1.84 bits per heavy atom. The van der Waals surface area contributed by atoms with Gasteiger partial charge in [0, 0.05) is 31.9 Å². The van der Waals surface area contributed by atoms with Crippen LogP contribution in [0.15, 0.2) is 66.9 Å². The van der Waals surface area contributed by atoms with Crippen LogP contribution in [0.1, 0.15) is 61.7 Å². The van der Waals surface area contributed by atoms with E-state index in [4.69, 9.17) is 4.74 Å². The summed E-state index contributed by atoms with van der Waals surface area (Å²) in [5.41, 5.74) is 2.86. The van der Waals surface area contributed by atoms with Crippen LogP contribution in [0, 0.1) is 11.3 Å². The van der Waals surface area contributed by atoms with Crippen molar-refractivity contribution in [2.45, 2.75) is 64.0 Å². The van der Waals surface area contributed by atoms with Crippen molar-refractivity contribution in [3.05, 3.63) is 89.1 Å². The highest BCUT2D eigenvalue weighted by Gasteiger charge is 2.26. The average molecular weight is 608 g/mol. The first-order valence-electron chi connectivity index (χ1n) is 14.1. The fourth-order valence-electron chi connectivity index (χ4n) is 4.17. The second kappa shape index (κ2) is 14.5. The molecule has 0 spiro atoms. The van der Waals surface area contributed by atoms with E-state index < -0.39 is 33.3 Å². The van der Waals surface area contributed by atoms with Gasteiger partial charge in [-0.15, -0.1) is 0 Å². The van der Waals surface area contributed by atoms with Gasteiger partial charge in [-0.3, -0.25) is 9.10 Å². The third-order valence-electron chi connectivity index (χ3n) is 6.96. The van der Waals surface area contributed by atoms with Gasteiger partial charge >= 0.3 is 0 Å². The lowest BCUT2D eigenvalue weighted by Crippen LogP contribution is -2.50. The maximum absolute atomic E-state index is 13.3. The first-order valence-corrected chi connectivity index (χ1v) is 15.6. The number of amides is 1. The minimum Gasteiger partial charge on any atom is -0.491 e. The van der Waals surface area contributed by atoms with Crippen LogP contribution >= 0.6 is 0 Å². The van der Waals surface area contributed by atoms with E-state index >= 15 is 0 Å². The molecule has 43 heavy (non-hydrogen) atoms. The van der Waals surface area contributed by atoms with E-state index in [0.717, 1.165) is 9.87 Å². The molecule has 11 heteroatoms. The first kappa shape index (κ1) is 33.5. The minimum absolute atomic E-state index is 0.00565. The number of benzene rings is 2. The number of nitriles is 1. The number of carbonyl (C=O) groups is 1. The lowest BCUT2D eigenvalue weighted by molar-refractivity contribution is 0.0733. The number of aromatic nitrogens is 1. The van der Waals surface area contributed by atoms with Crippen LogP contribution in [0.3, 0.4) is 0 Å². The van der Waals surface area contributed by atoms with Crippen molar-refractivity contribution >= 4 is 21.7 Å². The summed E-state index contributed by atoms with van der Waals surface area (Å²) in [5.74, 6) is -0.0124. The molecule has 3 aromatic rings. The summed E-state index contributed by atoms with van der Waals surface area (Å²) in [6, 6.07) is 18.9. The van der Waals surface area contributed by atoms with Crippen molar-refractivity contribution in [3.63, 3.8) is 0 Å². The van der Waals surface area contributed by atoms with Gasteiger partial charge in [-0.2, -0.15) is 5.26 Å². The number of nitrogens with zero attached hydrogens (tertiary/aromatic N) is 3. The van der Waals surface area contributed by atoms with E-state index in [1.165, 1.54) is 30.9 Å². The molecule has 2 unspecified atom stereocenters. The second-order valence-corrected chi connectivity index (χ2v) is 14.2. The summed E-state index contributed by atoms with van der Waals surface area (Å²) in [4.78, 5) is 17.4. The highest BCUT2D eigenvalue weighted by molar-refractivity contribution is 7.93. The minimum atomic E-state index is -3.65. The van der Waals surface area contributed by atoms with Crippen molar-refractivity contribution in [2.24, 2.45) is 0 Å². The van der Waals surface area contributed by atoms with Crippen molar-refractivity contribution in [2.75, 3.05) is 24.5 Å². The first-order chi connectivity index (χ1) is 20.2. The fourth-order valence-corrected chi connectivity index (χ4v) is 5.17. The highest BCUT2D eigenvalue weighted by atomic mass is 32.2. The number of anilines is 1. The molecule has 0 aliphatic heterocycles. The van der Waals surface area contributed by atoms with Gasteiger partial charge in [0.25, 0.3) is 5.91 Å². The monoisotopic (exact) mass is 607 g/mol. The van der Waals surface area contributed by atoms with E-state index in [0.29, 0.717) is 17.9 Å². The predicted molar refractivity (Wildman–Crippen MR) is 167 cm³/mol. The maximum atomic E-state index is 13.3. The number of aliphatic hydroxyl groups is 1. The topological polar surface area (TPSA) is 145 Å². The number of hydrogen-bond donors (Lipinski definition) is 3. The van der Waals surface area contributed by atoms with E-state index in [1.807, 2.05) is 12.1 Å². The molecule has 230 valence electrons. The number of pyridine rings is 1. The van der Waals surface area contributed by atoms with E-state index in [1.54, 1.807) is 38.1 Å². The fraction of sp³-hybridized carbons (Fsp3) is 0.406. The van der Waals surface area contributed by atoms with Gasteiger partial charge in [0.05, 0.1) is 29.0 Å². The molecule has 1 amide bonds. The molecule has 0 aliphatic rings. The van der Waals surface area contributed by atoms with Crippen molar-refractivity contribution in [3.8, 4) is 11.8 Å². The smallest absolute Gasteiger partial charge is 0.251 e. The van der Waals surface area contributed by atoms with Crippen LogP contribution in [-0.4, -0.2) is 62.0 Å². The quantitative estimate of drug-likeness (QED) is 0.267. The summed E-state index contributed by atoms with van der Waals surface area (Å²) < 4.78 is 32.2. The Labute approximate surface area is 254 Å². The molecule has 0 saturated heterocycles. The van der Waals surface area contributed by atoms with Gasteiger partial charge < -0.3 is 20.5 Å². The van der Waals surface area contributed by atoms with Gasteiger partial charge in [-0.1, -0.05) is 51.1 Å². The lowest BCUT2D eigenvalue weighted by atomic mass is 9.86. The Kier molecular flexibility index (Phi) is 11.3.